The second-order valence-electron chi connectivity index (χ2n) is 8.05. The molecule has 0 saturated carbocycles. The maximum atomic E-state index is 13.0. The number of carbonyl (C=O) groups is 2. The maximum Gasteiger partial charge on any atom is 0.253 e. The second-order valence-corrected chi connectivity index (χ2v) is 8.05. The fraction of sp³-hybridized carbons (Fsp3) is 0.417. The largest absolute Gasteiger partial charge is 0.371 e. The lowest BCUT2D eigenvalue weighted by molar-refractivity contribution is -0.124. The van der Waals surface area contributed by atoms with Crippen LogP contribution in [0.25, 0.3) is 0 Å². The number of nitrogens with one attached hydrogen (secondary N) is 2. The normalized spacial score (nSPS) is 15.8. The van der Waals surface area contributed by atoms with E-state index in [-0.39, 0.29) is 29.8 Å². The zero-order valence-corrected chi connectivity index (χ0v) is 17.5. The first-order valence-corrected chi connectivity index (χ1v) is 10.5. The predicted molar refractivity (Wildman–Crippen MR) is 117 cm³/mol. The molecule has 2 amide bonds. The minimum absolute atomic E-state index is 0.00376. The van der Waals surface area contributed by atoms with Crippen molar-refractivity contribution < 1.29 is 9.59 Å². The van der Waals surface area contributed by atoms with Crippen LogP contribution in [0.1, 0.15) is 55.6 Å². The van der Waals surface area contributed by atoms with E-state index in [4.69, 9.17) is 0 Å². The molecule has 0 aliphatic carbocycles. The molecule has 1 aliphatic heterocycles. The van der Waals surface area contributed by atoms with Crippen LogP contribution in [0.2, 0.25) is 0 Å². The van der Waals surface area contributed by atoms with Gasteiger partial charge in [-0.3, -0.25) is 9.59 Å². The first kappa shape index (κ1) is 20.9. The van der Waals surface area contributed by atoms with Crippen LogP contribution in [0.4, 0.5) is 5.69 Å². The average Bonchev–Trinajstić information content (AvgIpc) is 2.74. The number of benzene rings is 2. The summed E-state index contributed by atoms with van der Waals surface area (Å²) in [5, 5.41) is 6.24. The third kappa shape index (κ3) is 5.37. The molecule has 0 radical (unpaired) electrons. The van der Waals surface area contributed by atoms with Crippen molar-refractivity contribution in [1.29, 1.82) is 0 Å². The molecule has 2 aromatic rings. The molecule has 0 bridgehead atoms. The molecule has 0 unspecified atom stereocenters. The Kier molecular flexibility index (Phi) is 6.91. The SMILES string of the molecule is CC(C)C(=O)NC1CCN(c2ccccc2C(=O)N[C@@H](C)c2ccccc2)CC1. The van der Waals surface area contributed by atoms with Crippen LogP contribution in [0.15, 0.2) is 54.6 Å². The Balaban J connectivity index is 1.65. The maximum absolute atomic E-state index is 13.0. The molecule has 1 fully saturated rings. The Hall–Kier alpha value is -2.82. The third-order valence-electron chi connectivity index (χ3n) is 5.50. The summed E-state index contributed by atoms with van der Waals surface area (Å²) in [5.74, 6) is 0.0503. The molecule has 3 rings (SSSR count). The van der Waals surface area contributed by atoms with Gasteiger partial charge in [-0.25, -0.2) is 0 Å². The van der Waals surface area contributed by atoms with Gasteiger partial charge < -0.3 is 15.5 Å². The van der Waals surface area contributed by atoms with E-state index in [1.54, 1.807) is 0 Å². The van der Waals surface area contributed by atoms with Crippen LogP contribution in [0.5, 0.6) is 0 Å². The van der Waals surface area contributed by atoms with E-state index in [0.717, 1.165) is 37.2 Å². The van der Waals surface area contributed by atoms with Gasteiger partial charge in [-0.1, -0.05) is 56.3 Å². The van der Waals surface area contributed by atoms with Crippen LogP contribution in [0, 0.1) is 5.92 Å². The number of rotatable bonds is 6. The monoisotopic (exact) mass is 393 g/mol. The van der Waals surface area contributed by atoms with Crippen LogP contribution in [0.3, 0.4) is 0 Å². The zero-order chi connectivity index (χ0) is 20.8. The Morgan fingerprint density at radius 1 is 0.931 bits per heavy atom. The van der Waals surface area contributed by atoms with E-state index in [9.17, 15) is 9.59 Å². The highest BCUT2D eigenvalue weighted by Gasteiger charge is 2.24. The molecule has 0 aromatic heterocycles. The van der Waals surface area contributed by atoms with Crippen molar-refractivity contribution in [2.24, 2.45) is 5.92 Å². The minimum Gasteiger partial charge on any atom is -0.371 e. The number of hydrogen-bond donors (Lipinski definition) is 2. The third-order valence-corrected chi connectivity index (χ3v) is 5.50. The number of hydrogen-bond acceptors (Lipinski definition) is 3. The molecule has 1 heterocycles. The van der Waals surface area contributed by atoms with Crippen LogP contribution < -0.4 is 15.5 Å². The van der Waals surface area contributed by atoms with Crippen molar-refractivity contribution in [2.75, 3.05) is 18.0 Å². The summed E-state index contributed by atoms with van der Waals surface area (Å²) in [6, 6.07) is 17.9. The molecule has 29 heavy (non-hydrogen) atoms. The summed E-state index contributed by atoms with van der Waals surface area (Å²) >= 11 is 0. The minimum atomic E-state index is -0.0628. The highest BCUT2D eigenvalue weighted by molar-refractivity contribution is 6.00. The van der Waals surface area contributed by atoms with Crippen molar-refractivity contribution in [1.82, 2.24) is 10.6 Å². The Morgan fingerprint density at radius 2 is 1.55 bits per heavy atom. The van der Waals surface area contributed by atoms with Crippen molar-refractivity contribution in [3.8, 4) is 0 Å². The van der Waals surface area contributed by atoms with Crippen LogP contribution >= 0.6 is 0 Å². The lowest BCUT2D eigenvalue weighted by Crippen LogP contribution is -2.46. The quantitative estimate of drug-likeness (QED) is 0.782. The van der Waals surface area contributed by atoms with Crippen molar-refractivity contribution >= 4 is 17.5 Å². The summed E-state index contributed by atoms with van der Waals surface area (Å²) in [6.07, 6.45) is 1.77. The van der Waals surface area contributed by atoms with Gasteiger partial charge in [0.25, 0.3) is 5.91 Å². The highest BCUT2D eigenvalue weighted by atomic mass is 16.2. The van der Waals surface area contributed by atoms with E-state index < -0.39 is 0 Å². The Bertz CT molecular complexity index is 827. The standard InChI is InChI=1S/C24H31N3O2/c1-17(2)23(28)26-20-13-15-27(16-14-20)22-12-8-7-11-21(22)24(29)25-18(3)19-9-5-4-6-10-19/h4-12,17-18,20H,13-16H2,1-3H3,(H,25,29)(H,26,28)/t18-/m0/s1. The van der Waals surface area contributed by atoms with Gasteiger partial charge in [-0.2, -0.15) is 0 Å². The van der Waals surface area contributed by atoms with Crippen molar-refractivity contribution in [2.45, 2.75) is 45.7 Å². The van der Waals surface area contributed by atoms with Gasteiger partial charge in [0, 0.05) is 30.7 Å². The van der Waals surface area contributed by atoms with Gasteiger partial charge in [-0.05, 0) is 37.5 Å². The molecule has 1 atom stereocenters. The summed E-state index contributed by atoms with van der Waals surface area (Å²) in [4.78, 5) is 27.2. The van der Waals surface area contributed by atoms with E-state index in [0.29, 0.717) is 5.56 Å². The van der Waals surface area contributed by atoms with Gasteiger partial charge >= 0.3 is 0 Å². The van der Waals surface area contributed by atoms with Gasteiger partial charge in [0.2, 0.25) is 5.91 Å². The Labute approximate surface area is 173 Å². The van der Waals surface area contributed by atoms with E-state index in [2.05, 4.69) is 15.5 Å². The summed E-state index contributed by atoms with van der Waals surface area (Å²) in [5.41, 5.74) is 2.74. The number of para-hydroxylation sites is 1. The summed E-state index contributed by atoms with van der Waals surface area (Å²) in [6.45, 7) is 7.47. The lowest BCUT2D eigenvalue weighted by atomic mass is 10.0. The second kappa shape index (κ2) is 9.59. The fourth-order valence-electron chi connectivity index (χ4n) is 3.67. The Morgan fingerprint density at radius 3 is 2.21 bits per heavy atom. The first-order chi connectivity index (χ1) is 14.0. The molecule has 5 nitrogen and oxygen atoms in total. The molecule has 1 saturated heterocycles. The highest BCUT2D eigenvalue weighted by Crippen LogP contribution is 2.25. The molecule has 154 valence electrons. The van der Waals surface area contributed by atoms with Crippen molar-refractivity contribution in [3.05, 3.63) is 65.7 Å². The van der Waals surface area contributed by atoms with E-state index >= 15 is 0 Å². The fourth-order valence-corrected chi connectivity index (χ4v) is 3.67. The number of carbonyl (C=O) groups excluding carboxylic acids is 2. The van der Waals surface area contributed by atoms with Crippen molar-refractivity contribution in [3.63, 3.8) is 0 Å². The average molecular weight is 394 g/mol. The number of anilines is 1. The first-order valence-electron chi connectivity index (χ1n) is 10.5. The molecule has 0 spiro atoms. The lowest BCUT2D eigenvalue weighted by Gasteiger charge is -2.35. The molecular formula is C24H31N3O2. The van der Waals surface area contributed by atoms with Crippen LogP contribution in [-0.2, 0) is 4.79 Å². The van der Waals surface area contributed by atoms with Gasteiger partial charge in [0.1, 0.15) is 0 Å². The molecule has 2 N–H and O–H groups in total. The van der Waals surface area contributed by atoms with Gasteiger partial charge in [-0.15, -0.1) is 0 Å². The zero-order valence-electron chi connectivity index (χ0n) is 17.5. The van der Waals surface area contributed by atoms with Gasteiger partial charge in [0.05, 0.1) is 11.6 Å². The van der Waals surface area contributed by atoms with Gasteiger partial charge in [0.15, 0.2) is 0 Å². The molecule has 5 heteroatoms. The predicted octanol–water partition coefficient (Wildman–Crippen LogP) is 3.92. The molecule has 2 aromatic carbocycles. The van der Waals surface area contributed by atoms with Crippen LogP contribution in [-0.4, -0.2) is 30.9 Å². The summed E-state index contributed by atoms with van der Waals surface area (Å²) in [7, 11) is 0. The topological polar surface area (TPSA) is 61.4 Å². The summed E-state index contributed by atoms with van der Waals surface area (Å²) < 4.78 is 0. The number of amides is 2. The number of nitrogens with zero attached hydrogens (tertiary/aromatic N) is 1. The van der Waals surface area contributed by atoms with E-state index in [1.807, 2.05) is 75.4 Å². The smallest absolute Gasteiger partial charge is 0.253 e. The van der Waals surface area contributed by atoms with E-state index in [1.165, 1.54) is 0 Å². The molecule has 1 aliphatic rings. The molecular weight excluding hydrogens is 362 g/mol. The number of piperidine rings is 1.